The van der Waals surface area contributed by atoms with Gasteiger partial charge in [-0.2, -0.15) is 0 Å². The van der Waals surface area contributed by atoms with Gasteiger partial charge >= 0.3 is 0 Å². The zero-order chi connectivity index (χ0) is 15.6. The maximum atomic E-state index is 12.3. The van der Waals surface area contributed by atoms with Crippen molar-refractivity contribution >= 4 is 11.8 Å². The molecule has 22 heavy (non-hydrogen) atoms. The van der Waals surface area contributed by atoms with E-state index in [2.05, 4.69) is 11.4 Å². The lowest BCUT2D eigenvalue weighted by Crippen LogP contribution is -2.48. The molecule has 0 aromatic heterocycles. The van der Waals surface area contributed by atoms with Crippen LogP contribution in [0.15, 0.2) is 11.8 Å². The highest BCUT2D eigenvalue weighted by Crippen LogP contribution is 2.48. The second-order valence-corrected chi connectivity index (χ2v) is 6.88. The van der Waals surface area contributed by atoms with Crippen LogP contribution in [0.25, 0.3) is 0 Å². The van der Waals surface area contributed by atoms with Crippen LogP contribution < -0.4 is 5.32 Å². The largest absolute Gasteiger partial charge is 0.384 e. The molecule has 2 amide bonds. The summed E-state index contributed by atoms with van der Waals surface area (Å²) < 4.78 is 4.95. The number of fused-ring (bicyclic) bond motifs is 1. The van der Waals surface area contributed by atoms with Crippen LogP contribution in [-0.4, -0.2) is 43.5 Å². The Morgan fingerprint density at radius 3 is 3.00 bits per heavy atom. The lowest BCUT2D eigenvalue weighted by molar-refractivity contribution is -0.133. The zero-order valence-electron chi connectivity index (χ0n) is 13.4. The monoisotopic (exact) mass is 306 g/mol. The van der Waals surface area contributed by atoms with E-state index in [1.54, 1.807) is 7.11 Å². The van der Waals surface area contributed by atoms with Crippen LogP contribution in [0, 0.1) is 11.3 Å². The van der Waals surface area contributed by atoms with E-state index in [0.29, 0.717) is 31.9 Å². The van der Waals surface area contributed by atoms with Gasteiger partial charge in [-0.15, -0.1) is 0 Å². The number of allylic oxidation sites excluding steroid dienone is 1. The van der Waals surface area contributed by atoms with E-state index in [1.807, 2.05) is 4.90 Å². The number of carbonyl (C=O) groups is 2. The predicted molar refractivity (Wildman–Crippen MR) is 82.9 cm³/mol. The van der Waals surface area contributed by atoms with Crippen LogP contribution in [0.2, 0.25) is 0 Å². The predicted octanol–water partition coefficient (Wildman–Crippen LogP) is 1.84. The third-order valence-electron chi connectivity index (χ3n) is 5.21. The number of likely N-dealkylation sites (tertiary alicyclic amines) is 1. The molecule has 0 spiro atoms. The highest BCUT2D eigenvalue weighted by Gasteiger charge is 2.46. The maximum absolute atomic E-state index is 12.3. The number of piperidine rings is 1. The van der Waals surface area contributed by atoms with Crippen molar-refractivity contribution in [2.45, 2.75) is 44.9 Å². The van der Waals surface area contributed by atoms with Gasteiger partial charge in [0.15, 0.2) is 0 Å². The molecule has 1 atom stereocenters. The average Bonchev–Trinajstić information content (AvgIpc) is 3.24. The van der Waals surface area contributed by atoms with Crippen molar-refractivity contribution in [3.05, 3.63) is 11.8 Å². The number of nitrogens with zero attached hydrogens (tertiary/aromatic N) is 1. The van der Waals surface area contributed by atoms with Crippen molar-refractivity contribution in [1.29, 1.82) is 0 Å². The number of carbonyl (C=O) groups excluding carboxylic acids is 2. The first-order valence-corrected chi connectivity index (χ1v) is 8.41. The molecule has 5 heteroatoms. The fraction of sp³-hybridized carbons (Fsp3) is 0.765. The number of rotatable bonds is 7. The molecule has 0 aromatic rings. The summed E-state index contributed by atoms with van der Waals surface area (Å²) in [6, 6.07) is 0. The highest BCUT2D eigenvalue weighted by molar-refractivity contribution is 5.80. The Morgan fingerprint density at radius 1 is 1.45 bits per heavy atom. The van der Waals surface area contributed by atoms with Crippen molar-refractivity contribution in [3.63, 3.8) is 0 Å². The highest BCUT2D eigenvalue weighted by atomic mass is 16.5. The molecule has 2 fully saturated rings. The number of methoxy groups -OCH3 is 1. The first kappa shape index (κ1) is 15.5. The standard InChI is InChI=1S/C17H26N2O3/c1-22-10-7-15(20)18-12-17-8-2-3-14(17)19(11-13-4-5-13)16(21)6-9-17/h3,13H,2,4-12H2,1H3,(H,18,20). The summed E-state index contributed by atoms with van der Waals surface area (Å²) >= 11 is 0. The summed E-state index contributed by atoms with van der Waals surface area (Å²) in [4.78, 5) is 26.2. The molecule has 2 aliphatic carbocycles. The zero-order valence-corrected chi connectivity index (χ0v) is 13.4. The van der Waals surface area contributed by atoms with Crippen molar-refractivity contribution in [2.24, 2.45) is 11.3 Å². The molecule has 3 rings (SSSR count). The summed E-state index contributed by atoms with van der Waals surface area (Å²) in [6.07, 6.45) is 8.65. The minimum absolute atomic E-state index is 0.0223. The number of nitrogens with one attached hydrogen (secondary N) is 1. The van der Waals surface area contributed by atoms with Crippen LogP contribution in [0.5, 0.6) is 0 Å². The van der Waals surface area contributed by atoms with Gasteiger partial charge < -0.3 is 15.0 Å². The fourth-order valence-corrected chi connectivity index (χ4v) is 3.67. The van der Waals surface area contributed by atoms with E-state index in [0.717, 1.165) is 25.8 Å². The lowest BCUT2D eigenvalue weighted by atomic mass is 9.76. The van der Waals surface area contributed by atoms with Crippen LogP contribution in [0.3, 0.4) is 0 Å². The van der Waals surface area contributed by atoms with Crippen LogP contribution in [0.4, 0.5) is 0 Å². The second kappa shape index (κ2) is 6.41. The van der Waals surface area contributed by atoms with Gasteiger partial charge in [0, 0.05) is 44.2 Å². The molecule has 1 heterocycles. The van der Waals surface area contributed by atoms with Gasteiger partial charge in [-0.05, 0) is 38.0 Å². The van der Waals surface area contributed by atoms with Crippen molar-refractivity contribution in [3.8, 4) is 0 Å². The topological polar surface area (TPSA) is 58.6 Å². The fourth-order valence-electron chi connectivity index (χ4n) is 3.67. The van der Waals surface area contributed by atoms with E-state index in [9.17, 15) is 9.59 Å². The van der Waals surface area contributed by atoms with Crippen molar-refractivity contribution in [2.75, 3.05) is 26.8 Å². The van der Waals surface area contributed by atoms with E-state index in [4.69, 9.17) is 4.74 Å². The van der Waals surface area contributed by atoms with Crippen LogP contribution in [0.1, 0.15) is 44.9 Å². The maximum Gasteiger partial charge on any atom is 0.226 e. The van der Waals surface area contributed by atoms with E-state index < -0.39 is 0 Å². The molecule has 1 unspecified atom stereocenters. The summed E-state index contributed by atoms with van der Waals surface area (Å²) in [5, 5.41) is 3.06. The van der Waals surface area contributed by atoms with E-state index in [1.165, 1.54) is 18.5 Å². The van der Waals surface area contributed by atoms with Gasteiger partial charge in [0.25, 0.3) is 0 Å². The molecule has 1 saturated carbocycles. The van der Waals surface area contributed by atoms with Crippen molar-refractivity contribution in [1.82, 2.24) is 10.2 Å². The first-order valence-electron chi connectivity index (χ1n) is 8.41. The Hall–Kier alpha value is -1.36. The Balaban J connectivity index is 1.64. The Kier molecular flexibility index (Phi) is 4.52. The van der Waals surface area contributed by atoms with Gasteiger partial charge in [0.2, 0.25) is 11.8 Å². The molecule has 1 saturated heterocycles. The summed E-state index contributed by atoms with van der Waals surface area (Å²) in [5.41, 5.74) is 1.16. The first-order chi connectivity index (χ1) is 10.6. The normalized spacial score (nSPS) is 27.6. The van der Waals surface area contributed by atoms with Gasteiger partial charge in [0.05, 0.1) is 6.61 Å². The van der Waals surface area contributed by atoms with E-state index >= 15 is 0 Å². The molecule has 0 aromatic carbocycles. The summed E-state index contributed by atoms with van der Waals surface area (Å²) in [5.74, 6) is 0.993. The molecular weight excluding hydrogens is 280 g/mol. The van der Waals surface area contributed by atoms with Gasteiger partial charge in [-0.3, -0.25) is 9.59 Å². The van der Waals surface area contributed by atoms with Crippen molar-refractivity contribution < 1.29 is 14.3 Å². The molecule has 3 aliphatic rings. The molecule has 122 valence electrons. The third kappa shape index (κ3) is 3.19. The Labute approximate surface area is 132 Å². The molecule has 5 nitrogen and oxygen atoms in total. The Bertz CT molecular complexity index is 484. The molecule has 1 N–H and O–H groups in total. The number of ether oxygens (including phenoxy) is 1. The van der Waals surface area contributed by atoms with Gasteiger partial charge in [-0.25, -0.2) is 0 Å². The number of hydrogen-bond acceptors (Lipinski definition) is 3. The van der Waals surface area contributed by atoms with Gasteiger partial charge in [0.1, 0.15) is 0 Å². The SMILES string of the molecule is COCCC(=O)NCC12CCC=C1N(CC1CC1)C(=O)CC2. The minimum atomic E-state index is -0.0223. The number of amides is 2. The Morgan fingerprint density at radius 2 is 2.27 bits per heavy atom. The molecular formula is C17H26N2O3. The lowest BCUT2D eigenvalue weighted by Gasteiger charge is -2.42. The third-order valence-corrected chi connectivity index (χ3v) is 5.21. The van der Waals surface area contributed by atoms with Crippen LogP contribution >= 0.6 is 0 Å². The average molecular weight is 306 g/mol. The second-order valence-electron chi connectivity index (χ2n) is 6.88. The quantitative estimate of drug-likeness (QED) is 0.781. The molecule has 0 radical (unpaired) electrons. The molecule has 0 bridgehead atoms. The summed E-state index contributed by atoms with van der Waals surface area (Å²) in [7, 11) is 1.60. The minimum Gasteiger partial charge on any atom is -0.384 e. The van der Waals surface area contributed by atoms with E-state index in [-0.39, 0.29) is 17.2 Å². The number of hydrogen-bond donors (Lipinski definition) is 1. The van der Waals surface area contributed by atoms with Crippen LogP contribution in [-0.2, 0) is 14.3 Å². The summed E-state index contributed by atoms with van der Waals surface area (Å²) in [6.45, 7) is 1.98. The van der Waals surface area contributed by atoms with Gasteiger partial charge in [-0.1, -0.05) is 6.08 Å². The smallest absolute Gasteiger partial charge is 0.226 e. The molecule has 1 aliphatic heterocycles.